The van der Waals surface area contributed by atoms with Crippen LogP contribution in [0.5, 0.6) is 0 Å². The molecule has 8 nitrogen and oxygen atoms in total. The number of nitro groups is 1. The molecule has 0 aliphatic rings. The highest BCUT2D eigenvalue weighted by Crippen LogP contribution is 2.22. The molecule has 20 heavy (non-hydrogen) atoms. The number of alkyl halides is 3. The monoisotopic (exact) mass is 296 g/mol. The zero-order chi connectivity index (χ0) is 15.5. The van der Waals surface area contributed by atoms with Gasteiger partial charge in [0, 0.05) is 0 Å². The van der Waals surface area contributed by atoms with Gasteiger partial charge in [-0.2, -0.15) is 18.3 Å². The molecule has 11 heteroatoms. The first-order valence-corrected chi connectivity index (χ1v) is 5.29. The number of nitrogens with two attached hydrogens (primary N) is 1. The number of aromatic nitrogens is 2. The van der Waals surface area contributed by atoms with Crippen LogP contribution in [0.2, 0.25) is 0 Å². The lowest BCUT2D eigenvalue weighted by atomic mass is 10.3. The van der Waals surface area contributed by atoms with E-state index >= 15 is 0 Å². The minimum Gasteiger partial charge on any atom is -0.370 e. The Morgan fingerprint density at radius 3 is 2.60 bits per heavy atom. The van der Waals surface area contributed by atoms with E-state index in [1.54, 1.807) is 0 Å². The molecule has 1 aromatic rings. The summed E-state index contributed by atoms with van der Waals surface area (Å²) in [6.07, 6.45) is -4.47. The topological polar surface area (TPSA) is 113 Å². The molecule has 0 aromatic carbocycles. The van der Waals surface area contributed by atoms with Crippen molar-refractivity contribution in [2.24, 2.45) is 5.73 Å². The van der Waals surface area contributed by atoms with E-state index < -0.39 is 41.6 Å². The first-order chi connectivity index (χ1) is 9.13. The van der Waals surface area contributed by atoms with Crippen molar-refractivity contribution in [2.75, 3.05) is 13.2 Å². The molecule has 0 spiro atoms. The van der Waals surface area contributed by atoms with Crippen LogP contribution in [-0.4, -0.2) is 40.0 Å². The Labute approximate surface area is 110 Å². The van der Waals surface area contributed by atoms with Gasteiger partial charge in [-0.05, 0) is 6.92 Å². The molecule has 1 heterocycles. The summed E-state index contributed by atoms with van der Waals surface area (Å²) < 4.78 is 40.8. The van der Waals surface area contributed by atoms with Gasteiger partial charge in [0.05, 0.1) is 18.1 Å². The van der Waals surface area contributed by atoms with Crippen molar-refractivity contribution in [1.29, 1.82) is 0 Å². The van der Waals surface area contributed by atoms with Crippen molar-refractivity contribution in [1.82, 2.24) is 9.78 Å². The summed E-state index contributed by atoms with van der Waals surface area (Å²) in [5.74, 6) is -1.09. The summed E-state index contributed by atoms with van der Waals surface area (Å²) in [6.45, 7) is -0.847. The predicted molar refractivity (Wildman–Crippen MR) is 59.0 cm³/mol. The van der Waals surface area contributed by atoms with E-state index in [1.807, 2.05) is 0 Å². The molecule has 0 fully saturated rings. The first kappa shape index (κ1) is 15.9. The highest BCUT2D eigenvalue weighted by molar-refractivity contribution is 5.95. The Balaban J connectivity index is 2.83. The number of hydrogen-bond acceptors (Lipinski definition) is 5. The summed E-state index contributed by atoms with van der Waals surface area (Å²) in [5.41, 5.74) is 3.93. The van der Waals surface area contributed by atoms with Gasteiger partial charge in [-0.15, -0.1) is 0 Å². The van der Waals surface area contributed by atoms with Crippen LogP contribution in [0.4, 0.5) is 18.9 Å². The van der Waals surface area contributed by atoms with Crippen molar-refractivity contribution in [3.8, 4) is 0 Å². The maximum Gasteiger partial charge on any atom is 0.411 e. The van der Waals surface area contributed by atoms with Crippen LogP contribution in [0.3, 0.4) is 0 Å². The summed E-state index contributed by atoms with van der Waals surface area (Å²) in [5, 5.41) is 14.5. The van der Waals surface area contributed by atoms with E-state index in [1.165, 1.54) is 6.92 Å². The number of carbonyl (C=O) groups excluding carboxylic acids is 1. The standard InChI is InChI=1S/C9H11F3N4O4/c1-5-6(16(18)19)7(8(13)17)15(14-5)2-3-20-4-9(10,11)12/h2-4H2,1H3,(H2,13,17). The number of amides is 1. The van der Waals surface area contributed by atoms with Gasteiger partial charge >= 0.3 is 11.9 Å². The molecule has 0 saturated heterocycles. The maximum atomic E-state index is 11.9. The van der Waals surface area contributed by atoms with E-state index in [2.05, 4.69) is 9.84 Å². The number of carbonyl (C=O) groups is 1. The van der Waals surface area contributed by atoms with E-state index in [-0.39, 0.29) is 12.2 Å². The van der Waals surface area contributed by atoms with Gasteiger partial charge < -0.3 is 10.5 Å². The molecule has 0 unspecified atom stereocenters. The lowest BCUT2D eigenvalue weighted by Crippen LogP contribution is -2.22. The fraction of sp³-hybridized carbons (Fsp3) is 0.556. The molecule has 2 N–H and O–H groups in total. The van der Waals surface area contributed by atoms with Gasteiger partial charge in [-0.25, -0.2) is 0 Å². The van der Waals surface area contributed by atoms with E-state index in [4.69, 9.17) is 5.73 Å². The zero-order valence-corrected chi connectivity index (χ0v) is 10.3. The van der Waals surface area contributed by atoms with Crippen LogP contribution >= 0.6 is 0 Å². The van der Waals surface area contributed by atoms with Crippen molar-refractivity contribution in [3.05, 3.63) is 21.5 Å². The van der Waals surface area contributed by atoms with Crippen molar-refractivity contribution in [2.45, 2.75) is 19.6 Å². The zero-order valence-electron chi connectivity index (χ0n) is 10.3. The largest absolute Gasteiger partial charge is 0.411 e. The molecule has 1 aromatic heterocycles. The smallest absolute Gasteiger partial charge is 0.370 e. The maximum absolute atomic E-state index is 11.9. The molecular formula is C9H11F3N4O4. The fourth-order valence-electron chi connectivity index (χ4n) is 1.54. The molecule has 0 aliphatic carbocycles. The molecular weight excluding hydrogens is 285 g/mol. The second-order valence-corrected chi connectivity index (χ2v) is 3.79. The Morgan fingerprint density at radius 2 is 2.15 bits per heavy atom. The average Bonchev–Trinajstić information content (AvgIpc) is 2.60. The minimum atomic E-state index is -4.47. The fourth-order valence-corrected chi connectivity index (χ4v) is 1.54. The second kappa shape index (κ2) is 5.86. The molecule has 0 bridgehead atoms. The van der Waals surface area contributed by atoms with Gasteiger partial charge in [0.15, 0.2) is 0 Å². The summed E-state index contributed by atoms with van der Waals surface area (Å²) >= 11 is 0. The molecule has 0 saturated carbocycles. The van der Waals surface area contributed by atoms with Gasteiger partial charge in [0.1, 0.15) is 12.3 Å². The van der Waals surface area contributed by atoms with Crippen LogP contribution in [0.15, 0.2) is 0 Å². The van der Waals surface area contributed by atoms with Crippen molar-refractivity contribution in [3.63, 3.8) is 0 Å². The second-order valence-electron chi connectivity index (χ2n) is 3.79. The molecule has 0 atom stereocenters. The SMILES string of the molecule is Cc1nn(CCOCC(F)(F)F)c(C(N)=O)c1[N+](=O)[O-]. The van der Waals surface area contributed by atoms with Crippen LogP contribution < -0.4 is 5.73 Å². The third kappa shape index (κ3) is 3.91. The number of ether oxygens (including phenoxy) is 1. The summed E-state index contributed by atoms with van der Waals surface area (Å²) in [7, 11) is 0. The van der Waals surface area contributed by atoms with Crippen LogP contribution in [0.1, 0.15) is 16.2 Å². The lowest BCUT2D eigenvalue weighted by Gasteiger charge is -2.08. The number of rotatable bonds is 6. The van der Waals surface area contributed by atoms with Crippen LogP contribution in [-0.2, 0) is 11.3 Å². The average molecular weight is 296 g/mol. The van der Waals surface area contributed by atoms with E-state index in [0.29, 0.717) is 0 Å². The lowest BCUT2D eigenvalue weighted by molar-refractivity contribution is -0.385. The Bertz CT molecular complexity index is 526. The highest BCUT2D eigenvalue weighted by atomic mass is 19.4. The van der Waals surface area contributed by atoms with E-state index in [9.17, 15) is 28.1 Å². The predicted octanol–water partition coefficient (Wildman–Crippen LogP) is 0.778. The van der Waals surface area contributed by atoms with Gasteiger partial charge in [-0.3, -0.25) is 19.6 Å². The third-order valence-electron chi connectivity index (χ3n) is 2.22. The number of aryl methyl sites for hydroxylation is 1. The normalized spacial score (nSPS) is 11.6. The Kier molecular flexibility index (Phi) is 4.65. The highest BCUT2D eigenvalue weighted by Gasteiger charge is 2.30. The van der Waals surface area contributed by atoms with Gasteiger partial charge in [0.2, 0.25) is 5.69 Å². The molecule has 0 radical (unpaired) electrons. The summed E-state index contributed by atoms with van der Waals surface area (Å²) in [6, 6.07) is 0. The van der Waals surface area contributed by atoms with Crippen LogP contribution in [0, 0.1) is 17.0 Å². The molecule has 112 valence electrons. The van der Waals surface area contributed by atoms with Gasteiger partial charge in [-0.1, -0.05) is 0 Å². The number of halogens is 3. The van der Waals surface area contributed by atoms with Gasteiger partial charge in [0.25, 0.3) is 5.91 Å². The molecule has 1 amide bonds. The minimum absolute atomic E-state index is 0.0559. The molecule has 0 aliphatic heterocycles. The van der Waals surface area contributed by atoms with Crippen molar-refractivity contribution < 1.29 is 27.6 Å². The number of nitrogens with zero attached hydrogens (tertiary/aromatic N) is 3. The van der Waals surface area contributed by atoms with Crippen molar-refractivity contribution >= 4 is 11.6 Å². The quantitative estimate of drug-likeness (QED) is 0.473. The van der Waals surface area contributed by atoms with E-state index in [0.717, 1.165) is 4.68 Å². The summed E-state index contributed by atoms with van der Waals surface area (Å²) in [4.78, 5) is 21.2. The molecule has 1 rings (SSSR count). The number of primary amides is 1. The number of hydrogen-bond donors (Lipinski definition) is 1. The first-order valence-electron chi connectivity index (χ1n) is 5.29. The van der Waals surface area contributed by atoms with Crippen LogP contribution in [0.25, 0.3) is 0 Å². The third-order valence-corrected chi connectivity index (χ3v) is 2.22. The Hall–Kier alpha value is -2.17. The Morgan fingerprint density at radius 1 is 1.55 bits per heavy atom.